The fraction of sp³-hybridized carbons (Fsp3) is 0.667. The summed E-state index contributed by atoms with van der Waals surface area (Å²) in [7, 11) is 0. The van der Waals surface area contributed by atoms with Crippen molar-refractivity contribution in [1.82, 2.24) is 0 Å². The monoisotopic (exact) mass is 252 g/mol. The Morgan fingerprint density at radius 3 is 2.11 bits per heavy atom. The number of nitrogens with zero attached hydrogens (tertiary/aromatic N) is 2. The van der Waals surface area contributed by atoms with Crippen LogP contribution in [0.25, 0.3) is 4.85 Å². The first-order valence-corrected chi connectivity index (χ1v) is 5.72. The van der Waals surface area contributed by atoms with Crippen molar-refractivity contribution < 1.29 is 19.1 Å². The van der Waals surface area contributed by atoms with E-state index in [2.05, 4.69) is 4.85 Å². The highest BCUT2D eigenvalue weighted by Gasteiger charge is 2.04. The average Bonchev–Trinajstić information content (AvgIpc) is 2.33. The van der Waals surface area contributed by atoms with Crippen molar-refractivity contribution in [3.8, 4) is 6.07 Å². The van der Waals surface area contributed by atoms with Crippen molar-refractivity contribution in [1.29, 1.82) is 5.26 Å². The van der Waals surface area contributed by atoms with E-state index in [-0.39, 0.29) is 13.0 Å². The minimum Gasteiger partial charge on any atom is -0.465 e. The number of carbonyl (C=O) groups is 2. The molecule has 6 nitrogen and oxygen atoms in total. The van der Waals surface area contributed by atoms with Crippen molar-refractivity contribution in [2.24, 2.45) is 0 Å². The minimum absolute atomic E-state index is 0.211. The summed E-state index contributed by atoms with van der Waals surface area (Å²) in [5.41, 5.74) is 0. The Morgan fingerprint density at radius 2 is 1.61 bits per heavy atom. The molecule has 6 heteroatoms. The maximum Gasteiger partial charge on any atom is 0.387 e. The molecule has 0 N–H and O–H groups in total. The molecule has 98 valence electrons. The molecule has 0 amide bonds. The molecule has 0 fully saturated rings. The van der Waals surface area contributed by atoms with Crippen LogP contribution in [0, 0.1) is 17.9 Å². The number of esters is 2. The lowest BCUT2D eigenvalue weighted by atomic mass is 10.2. The highest BCUT2D eigenvalue weighted by molar-refractivity contribution is 5.73. The lowest BCUT2D eigenvalue weighted by Crippen LogP contribution is -2.08. The molecule has 0 aliphatic heterocycles. The number of hydrogen-bond donors (Lipinski definition) is 0. The Bertz CT molecular complexity index is 307. The van der Waals surface area contributed by atoms with E-state index in [0.717, 1.165) is 25.7 Å². The SMILES string of the molecule is [C-]#[N+]CC(=O)OCCCCCCOC(=O)CC#N. The number of nitriles is 1. The molecule has 0 atom stereocenters. The molecule has 0 aromatic heterocycles. The predicted molar refractivity (Wildman–Crippen MR) is 62.1 cm³/mol. The largest absolute Gasteiger partial charge is 0.465 e. The smallest absolute Gasteiger partial charge is 0.387 e. The first-order chi connectivity index (χ1) is 8.70. The van der Waals surface area contributed by atoms with E-state index in [1.54, 1.807) is 6.07 Å². The number of rotatable bonds is 9. The van der Waals surface area contributed by atoms with Gasteiger partial charge >= 0.3 is 18.5 Å². The molecule has 0 unspecified atom stereocenters. The first-order valence-electron chi connectivity index (χ1n) is 5.72. The Hall–Kier alpha value is -2.08. The van der Waals surface area contributed by atoms with Gasteiger partial charge in [-0.3, -0.25) is 4.79 Å². The summed E-state index contributed by atoms with van der Waals surface area (Å²) in [5.74, 6) is -0.985. The van der Waals surface area contributed by atoms with Gasteiger partial charge in [0.05, 0.1) is 19.3 Å². The highest BCUT2D eigenvalue weighted by Crippen LogP contribution is 2.01. The summed E-state index contributed by atoms with van der Waals surface area (Å²) in [4.78, 5) is 24.5. The molecule has 0 rings (SSSR count). The summed E-state index contributed by atoms with van der Waals surface area (Å²) >= 11 is 0. The third kappa shape index (κ3) is 10.4. The second-order valence-corrected chi connectivity index (χ2v) is 3.51. The van der Waals surface area contributed by atoms with Crippen LogP contribution in [0.4, 0.5) is 0 Å². The zero-order valence-corrected chi connectivity index (χ0v) is 10.2. The normalized spacial score (nSPS) is 9.00. The molecular weight excluding hydrogens is 236 g/mol. The maximum absolute atomic E-state index is 10.8. The van der Waals surface area contributed by atoms with E-state index in [1.165, 1.54) is 0 Å². The molecule has 0 spiro atoms. The number of unbranched alkanes of at least 4 members (excludes halogenated alkanes) is 3. The molecule has 0 heterocycles. The van der Waals surface area contributed by atoms with Crippen LogP contribution in [-0.2, 0) is 19.1 Å². The molecule has 0 radical (unpaired) electrons. The lowest BCUT2D eigenvalue weighted by molar-refractivity contribution is -0.143. The van der Waals surface area contributed by atoms with Gasteiger partial charge in [-0.15, -0.1) is 0 Å². The van der Waals surface area contributed by atoms with E-state index >= 15 is 0 Å². The first kappa shape index (κ1) is 15.9. The van der Waals surface area contributed by atoms with Gasteiger partial charge in [-0.1, -0.05) is 0 Å². The second kappa shape index (κ2) is 11.4. The van der Waals surface area contributed by atoms with Crippen LogP contribution >= 0.6 is 0 Å². The summed E-state index contributed by atoms with van der Waals surface area (Å²) < 4.78 is 9.56. The third-order valence-corrected chi connectivity index (χ3v) is 2.00. The molecule has 18 heavy (non-hydrogen) atoms. The van der Waals surface area contributed by atoms with Crippen LogP contribution in [0.1, 0.15) is 32.1 Å². The van der Waals surface area contributed by atoms with Gasteiger partial charge in [0.1, 0.15) is 6.42 Å². The van der Waals surface area contributed by atoms with Crippen molar-refractivity contribution >= 4 is 11.9 Å². The van der Waals surface area contributed by atoms with Crippen LogP contribution in [0.15, 0.2) is 0 Å². The van der Waals surface area contributed by atoms with Crippen molar-refractivity contribution in [2.45, 2.75) is 32.1 Å². The van der Waals surface area contributed by atoms with Crippen LogP contribution < -0.4 is 0 Å². The topological polar surface area (TPSA) is 80.8 Å². The Morgan fingerprint density at radius 1 is 1.06 bits per heavy atom. The Labute approximate surface area is 106 Å². The van der Waals surface area contributed by atoms with Gasteiger partial charge in [0, 0.05) is 0 Å². The Kier molecular flexibility index (Phi) is 10.1. The van der Waals surface area contributed by atoms with Crippen molar-refractivity contribution in [3.63, 3.8) is 0 Å². The van der Waals surface area contributed by atoms with Gasteiger partial charge in [-0.2, -0.15) is 5.26 Å². The molecular formula is C12H16N2O4. The molecule has 0 aromatic carbocycles. The van der Waals surface area contributed by atoms with Gasteiger partial charge in [0.2, 0.25) is 0 Å². The van der Waals surface area contributed by atoms with Gasteiger partial charge in [0.15, 0.2) is 0 Å². The fourth-order valence-electron chi connectivity index (χ4n) is 1.16. The van der Waals surface area contributed by atoms with Gasteiger partial charge in [-0.05, 0) is 25.7 Å². The highest BCUT2D eigenvalue weighted by atomic mass is 16.5. The number of ether oxygens (including phenoxy) is 2. The second-order valence-electron chi connectivity index (χ2n) is 3.51. The summed E-state index contributed by atoms with van der Waals surface area (Å²) in [6, 6.07) is 1.71. The third-order valence-electron chi connectivity index (χ3n) is 2.00. The number of carbonyl (C=O) groups excluding carboxylic acids is 2. The quantitative estimate of drug-likeness (QED) is 0.352. The van der Waals surface area contributed by atoms with E-state index in [9.17, 15) is 9.59 Å². The minimum atomic E-state index is -0.495. The maximum atomic E-state index is 10.8. The van der Waals surface area contributed by atoms with E-state index in [0.29, 0.717) is 13.2 Å². The zero-order valence-electron chi connectivity index (χ0n) is 10.2. The molecule has 0 aliphatic rings. The zero-order chi connectivity index (χ0) is 13.6. The number of hydrogen-bond acceptors (Lipinski definition) is 5. The average molecular weight is 252 g/mol. The Balaban J connectivity index is 3.22. The summed E-state index contributed by atoms with van der Waals surface area (Å²) in [5, 5.41) is 8.21. The summed E-state index contributed by atoms with van der Waals surface area (Å²) in [6.45, 7) is 6.86. The molecule has 0 aliphatic carbocycles. The van der Waals surface area contributed by atoms with Crippen molar-refractivity contribution in [3.05, 3.63) is 11.4 Å². The van der Waals surface area contributed by atoms with E-state index in [4.69, 9.17) is 21.3 Å². The van der Waals surface area contributed by atoms with E-state index in [1.807, 2.05) is 0 Å². The van der Waals surface area contributed by atoms with Crippen molar-refractivity contribution in [2.75, 3.05) is 19.8 Å². The summed E-state index contributed by atoms with van der Waals surface area (Å²) in [6.07, 6.45) is 2.97. The molecule has 0 saturated carbocycles. The predicted octanol–water partition coefficient (Wildman–Crippen LogP) is 1.47. The fourth-order valence-corrected chi connectivity index (χ4v) is 1.16. The van der Waals surface area contributed by atoms with Crippen LogP contribution in [0.5, 0.6) is 0 Å². The van der Waals surface area contributed by atoms with Gasteiger partial charge < -0.3 is 14.3 Å². The molecule has 0 aromatic rings. The van der Waals surface area contributed by atoms with Crippen LogP contribution in [0.3, 0.4) is 0 Å². The van der Waals surface area contributed by atoms with E-state index < -0.39 is 11.9 Å². The van der Waals surface area contributed by atoms with Crippen LogP contribution in [-0.4, -0.2) is 31.7 Å². The van der Waals surface area contributed by atoms with Gasteiger partial charge in [0.25, 0.3) is 0 Å². The lowest BCUT2D eigenvalue weighted by Gasteiger charge is -2.03. The standard InChI is InChI=1S/C12H16N2O4/c1-14-10-12(16)18-9-5-3-2-4-8-17-11(15)6-7-13/h2-6,8-10H2. The molecule has 0 saturated heterocycles. The van der Waals surface area contributed by atoms with Crippen LogP contribution in [0.2, 0.25) is 0 Å². The molecule has 0 bridgehead atoms. The van der Waals surface area contributed by atoms with Gasteiger partial charge in [-0.25, -0.2) is 11.4 Å².